The van der Waals surface area contributed by atoms with Gasteiger partial charge < -0.3 is 14.4 Å². The SMILES string of the molecule is CC[C@H]1CC[C@@H](CCN2C3CCCC2CC(n2c(=O)c(P(=O)(O)O)nc4ccccc42)C3)[C@@H](CC)C1. The van der Waals surface area contributed by atoms with Gasteiger partial charge >= 0.3 is 7.60 Å². The fraction of sp³-hybridized carbons (Fsp3) is 0.714. The number of aromatic nitrogens is 2. The summed E-state index contributed by atoms with van der Waals surface area (Å²) >= 11 is 0. The Kier molecular flexibility index (Phi) is 7.74. The normalized spacial score (nSPS) is 31.6. The average molecular weight is 516 g/mol. The summed E-state index contributed by atoms with van der Waals surface area (Å²) in [5.74, 6) is 2.59. The maximum Gasteiger partial charge on any atom is 0.380 e. The van der Waals surface area contributed by atoms with Gasteiger partial charge in [0.15, 0.2) is 0 Å². The second kappa shape index (κ2) is 10.7. The minimum Gasteiger partial charge on any atom is -0.320 e. The molecule has 36 heavy (non-hydrogen) atoms. The third-order valence-corrected chi connectivity index (χ3v) is 10.5. The summed E-state index contributed by atoms with van der Waals surface area (Å²) < 4.78 is 13.8. The molecule has 2 bridgehead atoms. The number of nitrogens with zero attached hydrogens (tertiary/aromatic N) is 3. The van der Waals surface area contributed by atoms with Crippen LogP contribution >= 0.6 is 7.60 Å². The first kappa shape index (κ1) is 26.1. The van der Waals surface area contributed by atoms with E-state index in [1.54, 1.807) is 16.7 Å². The number of fused-ring (bicyclic) bond motifs is 3. The van der Waals surface area contributed by atoms with E-state index in [-0.39, 0.29) is 6.04 Å². The lowest BCUT2D eigenvalue weighted by Crippen LogP contribution is -2.54. The zero-order chi connectivity index (χ0) is 25.4. The summed E-state index contributed by atoms with van der Waals surface area (Å²) in [4.78, 5) is 39.9. The average Bonchev–Trinajstić information content (AvgIpc) is 2.86. The fourth-order valence-electron chi connectivity index (χ4n) is 7.71. The Morgan fingerprint density at radius 1 is 0.944 bits per heavy atom. The molecule has 5 rings (SSSR count). The van der Waals surface area contributed by atoms with Crippen LogP contribution < -0.4 is 11.0 Å². The van der Waals surface area contributed by atoms with E-state index in [1.165, 1.54) is 44.9 Å². The Labute approximate surface area is 214 Å². The minimum atomic E-state index is -4.77. The van der Waals surface area contributed by atoms with Gasteiger partial charge in [0.05, 0.1) is 11.0 Å². The molecule has 2 aliphatic heterocycles. The summed E-state index contributed by atoms with van der Waals surface area (Å²) in [6.45, 7) is 5.83. The Morgan fingerprint density at radius 2 is 1.67 bits per heavy atom. The van der Waals surface area contributed by atoms with Crippen molar-refractivity contribution in [2.45, 2.75) is 103 Å². The second-order valence-electron chi connectivity index (χ2n) is 11.5. The lowest BCUT2D eigenvalue weighted by atomic mass is 9.70. The van der Waals surface area contributed by atoms with Crippen LogP contribution in [0.15, 0.2) is 29.1 Å². The van der Waals surface area contributed by atoms with Crippen molar-refractivity contribution in [1.29, 1.82) is 0 Å². The molecule has 2 unspecified atom stereocenters. The van der Waals surface area contributed by atoms with Gasteiger partial charge in [-0.25, -0.2) is 4.98 Å². The maximum atomic E-state index is 13.4. The predicted molar refractivity (Wildman–Crippen MR) is 144 cm³/mol. The predicted octanol–water partition coefficient (Wildman–Crippen LogP) is 5.00. The highest BCUT2D eigenvalue weighted by Crippen LogP contribution is 2.43. The minimum absolute atomic E-state index is 0.0642. The number of piperidine rings is 2. The largest absolute Gasteiger partial charge is 0.380 e. The molecule has 0 amide bonds. The molecule has 198 valence electrons. The quantitative estimate of drug-likeness (QED) is 0.504. The van der Waals surface area contributed by atoms with Gasteiger partial charge in [0.2, 0.25) is 5.44 Å². The highest BCUT2D eigenvalue weighted by atomic mass is 31.2. The Bertz CT molecular complexity index is 1160. The smallest absolute Gasteiger partial charge is 0.320 e. The van der Waals surface area contributed by atoms with Crippen LogP contribution in [-0.4, -0.2) is 42.9 Å². The molecule has 3 heterocycles. The third kappa shape index (κ3) is 5.09. The summed E-state index contributed by atoms with van der Waals surface area (Å²) in [5.41, 5.74) is -0.106. The third-order valence-electron chi connectivity index (χ3n) is 9.63. The Hall–Kier alpha value is -1.53. The number of rotatable bonds is 7. The van der Waals surface area contributed by atoms with Gasteiger partial charge in [-0.15, -0.1) is 0 Å². The van der Waals surface area contributed by atoms with Crippen molar-refractivity contribution in [3.05, 3.63) is 34.6 Å². The molecule has 1 aliphatic carbocycles. The molecule has 0 radical (unpaired) electrons. The van der Waals surface area contributed by atoms with E-state index >= 15 is 0 Å². The topological polar surface area (TPSA) is 95.7 Å². The number of hydrogen-bond donors (Lipinski definition) is 2. The molecule has 1 aromatic heterocycles. The molecule has 3 fully saturated rings. The Morgan fingerprint density at radius 3 is 2.33 bits per heavy atom. The van der Waals surface area contributed by atoms with Crippen LogP contribution in [0.4, 0.5) is 0 Å². The van der Waals surface area contributed by atoms with Gasteiger partial charge in [-0.2, -0.15) is 0 Å². The molecule has 5 atom stereocenters. The first-order valence-electron chi connectivity index (χ1n) is 14.1. The van der Waals surface area contributed by atoms with Crippen LogP contribution in [0.1, 0.15) is 90.5 Å². The first-order chi connectivity index (χ1) is 17.3. The van der Waals surface area contributed by atoms with Crippen molar-refractivity contribution < 1.29 is 14.4 Å². The number of para-hydroxylation sites is 2. The van der Waals surface area contributed by atoms with Crippen LogP contribution in [-0.2, 0) is 4.57 Å². The van der Waals surface area contributed by atoms with Crippen LogP contribution in [0.25, 0.3) is 11.0 Å². The van der Waals surface area contributed by atoms with Crippen LogP contribution in [0.3, 0.4) is 0 Å². The van der Waals surface area contributed by atoms with Gasteiger partial charge in [-0.3, -0.25) is 14.3 Å². The summed E-state index contributed by atoms with van der Waals surface area (Å²) in [5, 5.41) is 0. The molecule has 2 saturated heterocycles. The van der Waals surface area contributed by atoms with Crippen molar-refractivity contribution in [3.8, 4) is 0 Å². The number of hydrogen-bond acceptors (Lipinski definition) is 4. The Balaban J connectivity index is 1.37. The molecule has 7 nitrogen and oxygen atoms in total. The fourth-order valence-corrected chi connectivity index (χ4v) is 8.30. The van der Waals surface area contributed by atoms with E-state index in [0.717, 1.165) is 50.0 Å². The van der Waals surface area contributed by atoms with Crippen molar-refractivity contribution in [2.24, 2.45) is 17.8 Å². The van der Waals surface area contributed by atoms with Gasteiger partial charge in [0, 0.05) is 18.1 Å². The molecule has 2 N–H and O–H groups in total. The zero-order valence-corrected chi connectivity index (χ0v) is 22.7. The van der Waals surface area contributed by atoms with Crippen molar-refractivity contribution in [2.75, 3.05) is 6.54 Å². The van der Waals surface area contributed by atoms with Crippen LogP contribution in [0, 0.1) is 17.8 Å². The zero-order valence-electron chi connectivity index (χ0n) is 21.8. The van der Waals surface area contributed by atoms with E-state index in [4.69, 9.17) is 0 Å². The standard InChI is InChI=1S/C28H42N3O4P/c1-3-19-12-13-21(20(4-2)16-19)14-15-30-22-8-7-9-23(30)18-24(17-22)31-26-11-6-5-10-25(26)29-27(28(31)32)36(33,34)35/h5-6,10-11,19-24H,3-4,7-9,12-18H2,1-2H3,(H2,33,34,35)/t19-,20-,21-,22?,23?,24?/m0/s1. The summed E-state index contributed by atoms with van der Waals surface area (Å²) in [6, 6.07) is 8.03. The van der Waals surface area contributed by atoms with Gasteiger partial charge in [0.1, 0.15) is 0 Å². The molecule has 1 saturated carbocycles. The van der Waals surface area contributed by atoms with Gasteiger partial charge in [0.25, 0.3) is 5.56 Å². The number of benzene rings is 1. The second-order valence-corrected chi connectivity index (χ2v) is 13.1. The maximum absolute atomic E-state index is 13.4. The molecule has 8 heteroatoms. The highest BCUT2D eigenvalue weighted by molar-refractivity contribution is 7.59. The molecule has 1 aromatic carbocycles. The van der Waals surface area contributed by atoms with E-state index in [2.05, 4.69) is 23.7 Å². The summed E-state index contributed by atoms with van der Waals surface area (Å²) in [7, 11) is -4.77. The monoisotopic (exact) mass is 515 g/mol. The van der Waals surface area contributed by atoms with Crippen LogP contribution in [0.2, 0.25) is 0 Å². The van der Waals surface area contributed by atoms with E-state index in [1.807, 2.05) is 12.1 Å². The van der Waals surface area contributed by atoms with E-state index in [0.29, 0.717) is 23.1 Å². The molecular formula is C28H42N3O4P. The molecule has 3 aliphatic rings. The van der Waals surface area contributed by atoms with Gasteiger partial charge in [-0.1, -0.05) is 51.7 Å². The van der Waals surface area contributed by atoms with E-state index < -0.39 is 18.6 Å². The first-order valence-corrected chi connectivity index (χ1v) is 15.7. The highest BCUT2D eigenvalue weighted by Gasteiger charge is 2.41. The lowest BCUT2D eigenvalue weighted by molar-refractivity contribution is 0.00763. The van der Waals surface area contributed by atoms with Gasteiger partial charge in [-0.05, 0) is 81.4 Å². The molecular weight excluding hydrogens is 473 g/mol. The van der Waals surface area contributed by atoms with Crippen molar-refractivity contribution in [1.82, 2.24) is 14.5 Å². The summed E-state index contributed by atoms with van der Waals surface area (Å²) in [6.07, 6.45) is 13.2. The molecule has 2 aromatic rings. The molecule has 0 spiro atoms. The van der Waals surface area contributed by atoms with Crippen LogP contribution in [0.5, 0.6) is 0 Å². The van der Waals surface area contributed by atoms with Crippen molar-refractivity contribution in [3.63, 3.8) is 0 Å². The van der Waals surface area contributed by atoms with E-state index in [9.17, 15) is 19.1 Å². The lowest BCUT2D eigenvalue weighted by Gasteiger charge is -2.50. The van der Waals surface area contributed by atoms with Crippen molar-refractivity contribution >= 4 is 24.1 Å².